The molecule has 82 valence electrons. The molecule has 0 aromatic carbocycles. The molecule has 1 aliphatic rings. The van der Waals surface area contributed by atoms with E-state index >= 15 is 0 Å². The van der Waals surface area contributed by atoms with Gasteiger partial charge in [-0.1, -0.05) is 6.07 Å². The number of alkyl halides is 1. The predicted molar refractivity (Wildman–Crippen MR) is 62.9 cm³/mol. The van der Waals surface area contributed by atoms with Crippen LogP contribution in [0.3, 0.4) is 0 Å². The Bertz CT molecular complexity index is 289. The Morgan fingerprint density at radius 2 is 2.33 bits per heavy atom. The van der Waals surface area contributed by atoms with Gasteiger partial charge in [0, 0.05) is 18.1 Å². The van der Waals surface area contributed by atoms with Crippen LogP contribution in [-0.4, -0.2) is 16.9 Å². The molecule has 2 nitrogen and oxygen atoms in total. The van der Waals surface area contributed by atoms with Crippen LogP contribution in [0.2, 0.25) is 0 Å². The fraction of sp³-hybridized carbons (Fsp3) is 0.583. The van der Waals surface area contributed by atoms with E-state index in [0.717, 1.165) is 31.1 Å². The molecular formula is C12H17ClN2. The molecule has 0 saturated heterocycles. The summed E-state index contributed by atoms with van der Waals surface area (Å²) in [6.45, 7) is 1.93. The van der Waals surface area contributed by atoms with Gasteiger partial charge in [0.25, 0.3) is 0 Å². The second-order valence-electron chi connectivity index (χ2n) is 4.23. The Morgan fingerprint density at radius 1 is 1.40 bits per heavy atom. The fourth-order valence-electron chi connectivity index (χ4n) is 2.11. The van der Waals surface area contributed by atoms with E-state index in [-0.39, 0.29) is 0 Å². The van der Waals surface area contributed by atoms with Crippen molar-refractivity contribution >= 4 is 11.6 Å². The number of hydrogen-bond acceptors (Lipinski definition) is 2. The summed E-state index contributed by atoms with van der Waals surface area (Å²) in [5, 5.41) is 3.85. The lowest BCUT2D eigenvalue weighted by atomic mass is 10.1. The van der Waals surface area contributed by atoms with Crippen LogP contribution in [-0.2, 0) is 6.54 Å². The molecule has 1 aromatic rings. The number of halogens is 1. The lowest BCUT2D eigenvalue weighted by Gasteiger charge is -2.10. The van der Waals surface area contributed by atoms with Crippen molar-refractivity contribution in [3.05, 3.63) is 30.1 Å². The number of hydrogen-bond donors (Lipinski definition) is 1. The van der Waals surface area contributed by atoms with Crippen molar-refractivity contribution in [1.82, 2.24) is 10.3 Å². The van der Waals surface area contributed by atoms with Crippen molar-refractivity contribution in [2.45, 2.75) is 31.2 Å². The van der Waals surface area contributed by atoms with E-state index in [1.54, 1.807) is 0 Å². The van der Waals surface area contributed by atoms with Crippen LogP contribution in [0.25, 0.3) is 0 Å². The van der Waals surface area contributed by atoms with Gasteiger partial charge in [0.1, 0.15) is 0 Å². The van der Waals surface area contributed by atoms with Gasteiger partial charge in [0.15, 0.2) is 0 Å². The molecule has 2 rings (SSSR count). The molecule has 0 spiro atoms. The maximum Gasteiger partial charge on any atom is 0.0541 e. The molecule has 1 saturated carbocycles. The largest absolute Gasteiger partial charge is 0.311 e. The Kier molecular flexibility index (Phi) is 3.98. The molecule has 2 unspecified atom stereocenters. The molecule has 0 bridgehead atoms. The smallest absolute Gasteiger partial charge is 0.0541 e. The lowest BCUT2D eigenvalue weighted by Crippen LogP contribution is -2.21. The highest BCUT2D eigenvalue weighted by atomic mass is 35.5. The van der Waals surface area contributed by atoms with Gasteiger partial charge >= 0.3 is 0 Å². The minimum Gasteiger partial charge on any atom is -0.311 e. The predicted octanol–water partition coefficient (Wildman–Crippen LogP) is 2.58. The first-order chi connectivity index (χ1) is 7.34. The summed E-state index contributed by atoms with van der Waals surface area (Å²) in [6.07, 6.45) is 5.44. The maximum atomic E-state index is 6.06. The number of rotatable bonds is 4. The van der Waals surface area contributed by atoms with Crippen molar-refractivity contribution in [1.29, 1.82) is 0 Å². The summed E-state index contributed by atoms with van der Waals surface area (Å²) in [4.78, 5) is 4.27. The van der Waals surface area contributed by atoms with E-state index in [2.05, 4.69) is 10.3 Å². The minimum atomic E-state index is 0.409. The van der Waals surface area contributed by atoms with Crippen LogP contribution < -0.4 is 5.32 Å². The van der Waals surface area contributed by atoms with Crippen LogP contribution in [0.15, 0.2) is 24.4 Å². The summed E-state index contributed by atoms with van der Waals surface area (Å²) in [5.74, 6) is 0.760. The van der Waals surface area contributed by atoms with E-state index in [0.29, 0.717) is 5.38 Å². The summed E-state index contributed by atoms with van der Waals surface area (Å²) in [5.41, 5.74) is 1.11. The van der Waals surface area contributed by atoms with Gasteiger partial charge in [-0.2, -0.15) is 0 Å². The third-order valence-electron chi connectivity index (χ3n) is 2.94. The normalized spacial score (nSPS) is 25.7. The third kappa shape index (κ3) is 3.47. The first-order valence-electron chi connectivity index (χ1n) is 5.59. The molecule has 1 N–H and O–H groups in total. The second-order valence-corrected chi connectivity index (χ2v) is 4.85. The highest BCUT2D eigenvalue weighted by molar-refractivity contribution is 6.20. The first kappa shape index (κ1) is 10.9. The maximum absolute atomic E-state index is 6.06. The van der Waals surface area contributed by atoms with Gasteiger partial charge in [-0.15, -0.1) is 11.6 Å². The van der Waals surface area contributed by atoms with Crippen molar-refractivity contribution in [3.63, 3.8) is 0 Å². The molecule has 1 heterocycles. The van der Waals surface area contributed by atoms with E-state index in [1.807, 2.05) is 24.4 Å². The van der Waals surface area contributed by atoms with Gasteiger partial charge in [-0.25, -0.2) is 0 Å². The van der Waals surface area contributed by atoms with Crippen LogP contribution in [0, 0.1) is 5.92 Å². The second kappa shape index (κ2) is 5.47. The number of aromatic nitrogens is 1. The van der Waals surface area contributed by atoms with Crippen LogP contribution in [0.1, 0.15) is 25.0 Å². The van der Waals surface area contributed by atoms with Crippen LogP contribution in [0.4, 0.5) is 0 Å². The monoisotopic (exact) mass is 224 g/mol. The van der Waals surface area contributed by atoms with Crippen molar-refractivity contribution in [2.24, 2.45) is 5.92 Å². The lowest BCUT2D eigenvalue weighted by molar-refractivity contribution is 0.487. The molecular weight excluding hydrogens is 208 g/mol. The molecule has 0 radical (unpaired) electrons. The standard InChI is InChI=1S/C12H17ClN2/c13-11-5-4-10(7-11)8-14-9-12-3-1-2-6-15-12/h1-3,6,10-11,14H,4-5,7-9H2. The summed E-state index contributed by atoms with van der Waals surface area (Å²) in [6, 6.07) is 6.01. The van der Waals surface area contributed by atoms with Crippen molar-refractivity contribution < 1.29 is 0 Å². The zero-order chi connectivity index (χ0) is 10.5. The fourth-order valence-corrected chi connectivity index (χ4v) is 2.48. The van der Waals surface area contributed by atoms with Gasteiger partial charge < -0.3 is 5.32 Å². The van der Waals surface area contributed by atoms with Gasteiger partial charge in [0.2, 0.25) is 0 Å². The zero-order valence-corrected chi connectivity index (χ0v) is 9.58. The number of nitrogens with one attached hydrogen (secondary N) is 1. The molecule has 15 heavy (non-hydrogen) atoms. The van der Waals surface area contributed by atoms with Gasteiger partial charge in [0.05, 0.1) is 5.69 Å². The number of nitrogens with zero attached hydrogens (tertiary/aromatic N) is 1. The molecule has 1 aliphatic carbocycles. The van der Waals surface area contributed by atoms with Gasteiger partial charge in [-0.3, -0.25) is 4.98 Å². The third-order valence-corrected chi connectivity index (χ3v) is 3.34. The van der Waals surface area contributed by atoms with E-state index in [1.165, 1.54) is 12.8 Å². The zero-order valence-electron chi connectivity index (χ0n) is 8.82. The van der Waals surface area contributed by atoms with E-state index < -0.39 is 0 Å². The molecule has 3 heteroatoms. The molecule has 2 atom stereocenters. The van der Waals surface area contributed by atoms with Gasteiger partial charge in [-0.05, 0) is 43.9 Å². The van der Waals surface area contributed by atoms with Crippen LogP contribution >= 0.6 is 11.6 Å². The van der Waals surface area contributed by atoms with Crippen LogP contribution in [0.5, 0.6) is 0 Å². The highest BCUT2D eigenvalue weighted by Gasteiger charge is 2.22. The highest BCUT2D eigenvalue weighted by Crippen LogP contribution is 2.28. The quantitative estimate of drug-likeness (QED) is 0.796. The molecule has 1 fully saturated rings. The Labute approximate surface area is 96.1 Å². The summed E-state index contributed by atoms with van der Waals surface area (Å²) >= 11 is 6.06. The Morgan fingerprint density at radius 3 is 3.00 bits per heavy atom. The average molecular weight is 225 g/mol. The molecule has 0 aliphatic heterocycles. The van der Waals surface area contributed by atoms with Crippen molar-refractivity contribution in [3.8, 4) is 0 Å². The Hall–Kier alpha value is -0.600. The molecule has 1 aromatic heterocycles. The SMILES string of the molecule is ClC1CCC(CNCc2ccccn2)C1. The van der Waals surface area contributed by atoms with E-state index in [4.69, 9.17) is 11.6 Å². The minimum absolute atomic E-state index is 0.409. The number of pyridine rings is 1. The van der Waals surface area contributed by atoms with E-state index in [9.17, 15) is 0 Å². The topological polar surface area (TPSA) is 24.9 Å². The summed E-state index contributed by atoms with van der Waals surface area (Å²) in [7, 11) is 0. The average Bonchev–Trinajstić information content (AvgIpc) is 2.66. The summed E-state index contributed by atoms with van der Waals surface area (Å²) < 4.78 is 0. The molecule has 0 amide bonds. The Balaban J connectivity index is 1.67. The van der Waals surface area contributed by atoms with Crippen molar-refractivity contribution in [2.75, 3.05) is 6.54 Å². The first-order valence-corrected chi connectivity index (χ1v) is 6.03.